The lowest BCUT2D eigenvalue weighted by Crippen LogP contribution is -2.50. The lowest BCUT2D eigenvalue weighted by molar-refractivity contribution is -0.00442. The van der Waals surface area contributed by atoms with Gasteiger partial charge in [-0.3, -0.25) is 4.90 Å². The van der Waals surface area contributed by atoms with Gasteiger partial charge in [-0.2, -0.15) is 0 Å². The zero-order valence-electron chi connectivity index (χ0n) is 17.1. The Labute approximate surface area is 167 Å². The first-order chi connectivity index (χ1) is 13.2. The van der Waals surface area contributed by atoms with E-state index in [1.807, 2.05) is 20.8 Å². The molecule has 2 rings (SSSR count). The molecule has 28 heavy (non-hydrogen) atoms. The number of benzene rings is 1. The topological polar surface area (TPSA) is 71.0 Å². The highest BCUT2D eigenvalue weighted by Gasteiger charge is 2.25. The molecule has 1 fully saturated rings. The molecule has 0 bridgehead atoms. The second-order valence-electron chi connectivity index (χ2n) is 8.29. The number of aliphatic hydroxyl groups is 1. The molecule has 0 saturated carbocycles. The van der Waals surface area contributed by atoms with Gasteiger partial charge in [0.05, 0.1) is 19.3 Å². The summed E-state index contributed by atoms with van der Waals surface area (Å²) in [6, 6.07) is 6.61. The number of carbonyl (C=O) groups is 1. The van der Waals surface area contributed by atoms with Crippen LogP contribution in [0.5, 0.6) is 0 Å². The van der Waals surface area contributed by atoms with Crippen molar-refractivity contribution in [2.75, 3.05) is 26.2 Å². The first kappa shape index (κ1) is 22.6. The van der Waals surface area contributed by atoms with Gasteiger partial charge in [0.15, 0.2) is 0 Å². The Kier molecular flexibility index (Phi) is 8.66. The van der Waals surface area contributed by atoms with E-state index >= 15 is 0 Å². The molecule has 1 heterocycles. The van der Waals surface area contributed by atoms with Crippen molar-refractivity contribution in [2.24, 2.45) is 0 Å². The van der Waals surface area contributed by atoms with E-state index in [0.717, 1.165) is 25.8 Å². The van der Waals surface area contributed by atoms with E-state index in [4.69, 9.17) is 9.47 Å². The van der Waals surface area contributed by atoms with Gasteiger partial charge in [0.2, 0.25) is 0 Å². The zero-order chi connectivity index (χ0) is 20.6. The molecule has 1 aliphatic heterocycles. The maximum atomic E-state index is 13.6. The smallest absolute Gasteiger partial charge is 0.407 e. The molecule has 0 aromatic heterocycles. The highest BCUT2D eigenvalue weighted by atomic mass is 19.1. The number of ether oxygens (including phenoxy) is 2. The number of likely N-dealkylation sites (tertiary alicyclic amines) is 1. The third-order valence-corrected chi connectivity index (χ3v) is 4.60. The fraction of sp³-hybridized carbons (Fsp3) is 0.667. The van der Waals surface area contributed by atoms with Crippen LogP contribution in [0.1, 0.15) is 45.6 Å². The molecule has 2 unspecified atom stereocenters. The Morgan fingerprint density at radius 1 is 1.36 bits per heavy atom. The summed E-state index contributed by atoms with van der Waals surface area (Å²) in [5.41, 5.74) is -0.0469. The number of carbonyl (C=O) groups excluding carboxylic acids is 1. The zero-order valence-corrected chi connectivity index (χ0v) is 17.1. The van der Waals surface area contributed by atoms with Crippen LogP contribution in [0, 0.1) is 5.82 Å². The summed E-state index contributed by atoms with van der Waals surface area (Å²) in [5.74, 6) is -0.304. The SMILES string of the molecule is CC(C)(C)OC(=O)NCC1CCCCN1CC(O)COCc1ccccc1F. The van der Waals surface area contributed by atoms with Crippen LogP contribution in [0.15, 0.2) is 24.3 Å². The van der Waals surface area contributed by atoms with Gasteiger partial charge in [0, 0.05) is 24.7 Å². The number of β-amino-alcohol motifs (C(OH)–C–C–N with tert-alkyl or cyclic N) is 1. The predicted octanol–water partition coefficient (Wildman–Crippen LogP) is 3.08. The van der Waals surface area contributed by atoms with Gasteiger partial charge >= 0.3 is 6.09 Å². The van der Waals surface area contributed by atoms with Crippen LogP contribution in [0.4, 0.5) is 9.18 Å². The molecular weight excluding hydrogens is 363 g/mol. The molecule has 2 atom stereocenters. The lowest BCUT2D eigenvalue weighted by Gasteiger charge is -2.37. The standard InChI is InChI=1S/C21H33FN2O4/c1-21(2,3)28-20(26)23-12-17-9-6-7-11-24(17)13-18(25)15-27-14-16-8-4-5-10-19(16)22/h4-5,8,10,17-18,25H,6-7,9,11-15H2,1-3H3,(H,23,26). The molecule has 2 N–H and O–H groups in total. The molecule has 0 radical (unpaired) electrons. The second-order valence-corrected chi connectivity index (χ2v) is 8.29. The predicted molar refractivity (Wildman–Crippen MR) is 106 cm³/mol. The van der Waals surface area contributed by atoms with E-state index in [2.05, 4.69) is 10.2 Å². The number of halogens is 1. The largest absolute Gasteiger partial charge is 0.444 e. The summed E-state index contributed by atoms with van der Waals surface area (Å²) < 4.78 is 24.4. The minimum Gasteiger partial charge on any atom is -0.444 e. The monoisotopic (exact) mass is 396 g/mol. The first-order valence-electron chi connectivity index (χ1n) is 9.95. The van der Waals surface area contributed by atoms with E-state index in [1.54, 1.807) is 18.2 Å². The van der Waals surface area contributed by atoms with Crippen molar-refractivity contribution in [3.63, 3.8) is 0 Å². The van der Waals surface area contributed by atoms with E-state index in [-0.39, 0.29) is 25.1 Å². The van der Waals surface area contributed by atoms with Crippen LogP contribution >= 0.6 is 0 Å². The number of nitrogens with zero attached hydrogens (tertiary/aromatic N) is 1. The van der Waals surface area contributed by atoms with Gasteiger partial charge in [-0.25, -0.2) is 9.18 Å². The van der Waals surface area contributed by atoms with E-state index < -0.39 is 17.8 Å². The number of piperidine rings is 1. The molecule has 1 amide bonds. The summed E-state index contributed by atoms with van der Waals surface area (Å²) in [6.45, 7) is 7.57. The van der Waals surface area contributed by atoms with Gasteiger partial charge in [0.25, 0.3) is 0 Å². The van der Waals surface area contributed by atoms with Crippen molar-refractivity contribution in [3.05, 3.63) is 35.6 Å². The Hall–Kier alpha value is -1.70. The van der Waals surface area contributed by atoms with Crippen LogP contribution < -0.4 is 5.32 Å². The van der Waals surface area contributed by atoms with Crippen molar-refractivity contribution in [3.8, 4) is 0 Å². The third-order valence-electron chi connectivity index (χ3n) is 4.60. The highest BCUT2D eigenvalue weighted by molar-refractivity contribution is 5.67. The average molecular weight is 397 g/mol. The van der Waals surface area contributed by atoms with Gasteiger partial charge in [-0.15, -0.1) is 0 Å². The molecular formula is C21H33FN2O4. The number of nitrogens with one attached hydrogen (secondary N) is 1. The molecule has 1 aromatic carbocycles. The van der Waals surface area contributed by atoms with Gasteiger partial charge in [-0.1, -0.05) is 24.6 Å². The Morgan fingerprint density at radius 3 is 2.82 bits per heavy atom. The maximum absolute atomic E-state index is 13.6. The molecule has 1 saturated heterocycles. The Morgan fingerprint density at radius 2 is 2.11 bits per heavy atom. The fourth-order valence-corrected chi connectivity index (χ4v) is 3.29. The number of rotatable bonds is 8. The third kappa shape index (κ3) is 8.12. The van der Waals surface area contributed by atoms with Crippen LogP contribution in [0.2, 0.25) is 0 Å². The van der Waals surface area contributed by atoms with Crippen molar-refractivity contribution in [2.45, 2.75) is 64.4 Å². The van der Waals surface area contributed by atoms with Crippen LogP contribution in [0.3, 0.4) is 0 Å². The summed E-state index contributed by atoms with van der Waals surface area (Å²) in [7, 11) is 0. The molecule has 0 spiro atoms. The molecule has 1 aliphatic rings. The van der Waals surface area contributed by atoms with Gasteiger partial charge in [-0.05, 0) is 46.2 Å². The summed E-state index contributed by atoms with van der Waals surface area (Å²) in [6.07, 6.45) is 2.02. The number of hydrogen-bond acceptors (Lipinski definition) is 5. The van der Waals surface area contributed by atoms with Gasteiger partial charge in [0.1, 0.15) is 11.4 Å². The van der Waals surface area contributed by atoms with Crippen LogP contribution in [-0.4, -0.2) is 60.1 Å². The fourth-order valence-electron chi connectivity index (χ4n) is 3.29. The van der Waals surface area contributed by atoms with E-state index in [9.17, 15) is 14.3 Å². The van der Waals surface area contributed by atoms with Gasteiger partial charge < -0.3 is 19.9 Å². The summed E-state index contributed by atoms with van der Waals surface area (Å²) >= 11 is 0. The number of aliphatic hydroxyl groups excluding tert-OH is 1. The molecule has 6 nitrogen and oxygen atoms in total. The lowest BCUT2D eigenvalue weighted by atomic mass is 10.0. The van der Waals surface area contributed by atoms with Crippen molar-refractivity contribution < 1.29 is 23.8 Å². The van der Waals surface area contributed by atoms with E-state index in [1.165, 1.54) is 6.07 Å². The number of hydrogen-bond donors (Lipinski definition) is 2. The summed E-state index contributed by atoms with van der Waals surface area (Å²) in [5, 5.41) is 13.1. The first-order valence-corrected chi connectivity index (χ1v) is 9.95. The van der Waals surface area contributed by atoms with Crippen molar-refractivity contribution in [1.82, 2.24) is 10.2 Å². The molecule has 0 aliphatic carbocycles. The van der Waals surface area contributed by atoms with Crippen molar-refractivity contribution in [1.29, 1.82) is 0 Å². The minimum atomic E-state index is -0.672. The second kappa shape index (κ2) is 10.7. The van der Waals surface area contributed by atoms with E-state index in [0.29, 0.717) is 18.7 Å². The summed E-state index contributed by atoms with van der Waals surface area (Å²) in [4.78, 5) is 14.1. The average Bonchev–Trinajstić information content (AvgIpc) is 2.61. The van der Waals surface area contributed by atoms with Crippen LogP contribution in [-0.2, 0) is 16.1 Å². The Balaban J connectivity index is 1.75. The number of alkyl carbamates (subject to hydrolysis) is 1. The normalized spacial score (nSPS) is 19.2. The number of amides is 1. The van der Waals surface area contributed by atoms with Crippen molar-refractivity contribution >= 4 is 6.09 Å². The molecule has 1 aromatic rings. The molecule has 158 valence electrons. The quantitative estimate of drug-likeness (QED) is 0.707. The minimum absolute atomic E-state index is 0.132. The molecule has 7 heteroatoms. The van der Waals surface area contributed by atoms with Crippen LogP contribution in [0.25, 0.3) is 0 Å². The highest BCUT2D eigenvalue weighted by Crippen LogP contribution is 2.17. The Bertz CT molecular complexity index is 621. The maximum Gasteiger partial charge on any atom is 0.407 e.